The Hall–Kier alpha value is -0.400. The normalized spacial score (nSPS) is 12.2. The van der Waals surface area contributed by atoms with Gasteiger partial charge in [-0.2, -0.15) is 10.2 Å². The second-order valence-corrected chi connectivity index (χ2v) is 3.02. The summed E-state index contributed by atoms with van der Waals surface area (Å²) in [5, 5.41) is 7.71. The smallest absolute Gasteiger partial charge is 0.0974 e. The number of hydrogen-bond acceptors (Lipinski definition) is 2. The highest BCUT2D eigenvalue weighted by Crippen LogP contribution is 2.03. The van der Waals surface area contributed by atoms with Crippen molar-refractivity contribution in [1.82, 2.24) is 0 Å². The first-order chi connectivity index (χ1) is 4.63. The summed E-state index contributed by atoms with van der Waals surface area (Å²) in [6, 6.07) is 0. The average Bonchev–Trinajstić information content (AvgIpc) is 1.79. The summed E-state index contributed by atoms with van der Waals surface area (Å²) in [4.78, 5) is 0. The molecule has 0 aliphatic carbocycles. The van der Waals surface area contributed by atoms with E-state index in [9.17, 15) is 0 Å². The Morgan fingerprint density at radius 1 is 0.800 bits per heavy atom. The van der Waals surface area contributed by atoms with Gasteiger partial charge >= 0.3 is 0 Å². The van der Waals surface area contributed by atoms with Crippen molar-refractivity contribution in [2.24, 2.45) is 22.1 Å². The summed E-state index contributed by atoms with van der Waals surface area (Å²) in [6.07, 6.45) is 0. The van der Waals surface area contributed by atoms with E-state index >= 15 is 0 Å². The first kappa shape index (κ1) is 9.60. The van der Waals surface area contributed by atoms with E-state index in [4.69, 9.17) is 0 Å². The summed E-state index contributed by atoms with van der Waals surface area (Å²) in [5.41, 5.74) is 0. The molecule has 0 atom stereocenters. The molecule has 0 aliphatic heterocycles. The summed E-state index contributed by atoms with van der Waals surface area (Å²) in [7, 11) is 0. The molecule has 0 rings (SSSR count). The van der Waals surface area contributed by atoms with E-state index in [0.717, 1.165) is 0 Å². The Labute approximate surface area is 63.7 Å². The molecule has 0 saturated carbocycles. The molecule has 0 aromatic rings. The van der Waals surface area contributed by atoms with Crippen molar-refractivity contribution in [3.63, 3.8) is 0 Å². The molecule has 0 aromatic carbocycles. The summed E-state index contributed by atoms with van der Waals surface area (Å²) < 4.78 is 0. The highest BCUT2D eigenvalue weighted by Gasteiger charge is 1.92. The Balaban J connectivity index is 3.20. The Morgan fingerprint density at radius 2 is 1.10 bits per heavy atom. The van der Waals surface area contributed by atoms with Crippen LogP contribution < -0.4 is 0 Å². The molecule has 0 bridgehead atoms. The van der Waals surface area contributed by atoms with Crippen molar-refractivity contribution >= 4 is 0 Å². The standard InChI is InChI=1S/C8H16N2/c1-7(2)5-9-10-6-8(3)4/h5-8H,1-4H3/b10-9+. The molecule has 2 heteroatoms. The van der Waals surface area contributed by atoms with Crippen LogP contribution in [-0.4, -0.2) is 0 Å². The van der Waals surface area contributed by atoms with E-state index in [1.807, 2.05) is 13.1 Å². The lowest BCUT2D eigenvalue weighted by Gasteiger charge is -1.96. The van der Waals surface area contributed by atoms with Crippen LogP contribution in [0.4, 0.5) is 0 Å². The van der Waals surface area contributed by atoms with Gasteiger partial charge in [-0.25, -0.2) is 0 Å². The lowest BCUT2D eigenvalue weighted by Crippen LogP contribution is -1.85. The summed E-state index contributed by atoms with van der Waals surface area (Å²) >= 11 is 0. The fourth-order valence-corrected chi connectivity index (χ4v) is 0.344. The van der Waals surface area contributed by atoms with Gasteiger partial charge in [-0.1, -0.05) is 27.7 Å². The van der Waals surface area contributed by atoms with Crippen LogP contribution in [0, 0.1) is 24.9 Å². The molecule has 10 heavy (non-hydrogen) atoms. The van der Waals surface area contributed by atoms with Gasteiger partial charge in [-0.15, -0.1) is 0 Å². The van der Waals surface area contributed by atoms with Crippen LogP contribution in [0.5, 0.6) is 0 Å². The molecule has 0 heterocycles. The quantitative estimate of drug-likeness (QED) is 0.536. The van der Waals surface area contributed by atoms with Crippen molar-refractivity contribution < 1.29 is 0 Å². The fourth-order valence-electron chi connectivity index (χ4n) is 0.344. The predicted molar refractivity (Wildman–Crippen MR) is 43.1 cm³/mol. The van der Waals surface area contributed by atoms with Gasteiger partial charge in [0.2, 0.25) is 0 Å². The molecular weight excluding hydrogens is 124 g/mol. The van der Waals surface area contributed by atoms with Crippen LogP contribution in [0.1, 0.15) is 27.7 Å². The molecule has 0 aliphatic rings. The van der Waals surface area contributed by atoms with Crippen LogP contribution in [-0.2, 0) is 0 Å². The number of hydrogen-bond donors (Lipinski definition) is 0. The molecular formula is C8H16N2. The first-order valence-electron chi connectivity index (χ1n) is 3.69. The Morgan fingerprint density at radius 3 is 1.30 bits per heavy atom. The maximum atomic E-state index is 3.86. The minimum absolute atomic E-state index is 0.490. The topological polar surface area (TPSA) is 24.7 Å². The van der Waals surface area contributed by atoms with E-state index in [1.54, 1.807) is 0 Å². The molecule has 0 unspecified atom stereocenters. The van der Waals surface area contributed by atoms with Crippen molar-refractivity contribution in [3.05, 3.63) is 13.1 Å². The summed E-state index contributed by atoms with van der Waals surface area (Å²) in [6.45, 7) is 12.0. The van der Waals surface area contributed by atoms with Crippen molar-refractivity contribution in [1.29, 1.82) is 0 Å². The van der Waals surface area contributed by atoms with Crippen LogP contribution in [0.15, 0.2) is 10.2 Å². The number of nitrogens with zero attached hydrogens (tertiary/aromatic N) is 2. The highest BCUT2D eigenvalue weighted by molar-refractivity contribution is 4.67. The van der Waals surface area contributed by atoms with Crippen molar-refractivity contribution in [3.8, 4) is 0 Å². The first-order valence-corrected chi connectivity index (χ1v) is 3.69. The Kier molecular flexibility index (Phi) is 5.17. The van der Waals surface area contributed by atoms with Gasteiger partial charge in [-0.05, 0) is 11.8 Å². The van der Waals surface area contributed by atoms with E-state index in [2.05, 4.69) is 37.9 Å². The van der Waals surface area contributed by atoms with E-state index in [0.29, 0.717) is 11.8 Å². The van der Waals surface area contributed by atoms with Crippen molar-refractivity contribution in [2.45, 2.75) is 27.7 Å². The molecule has 0 spiro atoms. The number of azo groups is 1. The fraction of sp³-hybridized carbons (Fsp3) is 0.750. The molecule has 2 radical (unpaired) electrons. The van der Waals surface area contributed by atoms with Crippen LogP contribution in [0.2, 0.25) is 0 Å². The summed E-state index contributed by atoms with van der Waals surface area (Å²) in [5.74, 6) is 0.980. The molecule has 0 saturated heterocycles. The second-order valence-electron chi connectivity index (χ2n) is 3.02. The van der Waals surface area contributed by atoms with Crippen LogP contribution >= 0.6 is 0 Å². The zero-order valence-corrected chi connectivity index (χ0v) is 7.20. The highest BCUT2D eigenvalue weighted by atomic mass is 15.1. The van der Waals surface area contributed by atoms with Gasteiger partial charge in [0.15, 0.2) is 0 Å². The average molecular weight is 140 g/mol. The Bertz CT molecular complexity index is 83.4. The van der Waals surface area contributed by atoms with E-state index in [-0.39, 0.29) is 0 Å². The molecule has 0 N–H and O–H groups in total. The monoisotopic (exact) mass is 140 g/mol. The predicted octanol–water partition coefficient (Wildman–Crippen LogP) is 3.07. The third-order valence-corrected chi connectivity index (χ3v) is 0.796. The maximum absolute atomic E-state index is 3.86. The van der Waals surface area contributed by atoms with Gasteiger partial charge in [0, 0.05) is 0 Å². The van der Waals surface area contributed by atoms with Gasteiger partial charge in [0.05, 0.1) is 13.1 Å². The van der Waals surface area contributed by atoms with Gasteiger partial charge in [0.1, 0.15) is 0 Å². The van der Waals surface area contributed by atoms with Crippen molar-refractivity contribution in [2.75, 3.05) is 0 Å². The van der Waals surface area contributed by atoms with Gasteiger partial charge in [0.25, 0.3) is 0 Å². The maximum Gasteiger partial charge on any atom is 0.0974 e. The minimum atomic E-state index is 0.490. The minimum Gasteiger partial charge on any atom is -0.188 e. The van der Waals surface area contributed by atoms with E-state index < -0.39 is 0 Å². The third-order valence-electron chi connectivity index (χ3n) is 0.796. The molecule has 0 amide bonds. The third kappa shape index (κ3) is 7.60. The lowest BCUT2D eigenvalue weighted by molar-refractivity contribution is 0.694. The van der Waals surface area contributed by atoms with Crippen LogP contribution in [0.3, 0.4) is 0 Å². The van der Waals surface area contributed by atoms with E-state index in [1.165, 1.54) is 0 Å². The zero-order chi connectivity index (χ0) is 7.98. The van der Waals surface area contributed by atoms with Gasteiger partial charge in [-0.3, -0.25) is 0 Å². The largest absolute Gasteiger partial charge is 0.188 e. The van der Waals surface area contributed by atoms with Gasteiger partial charge < -0.3 is 0 Å². The zero-order valence-electron chi connectivity index (χ0n) is 7.20. The number of rotatable bonds is 4. The molecule has 0 fully saturated rings. The second kappa shape index (κ2) is 5.39. The van der Waals surface area contributed by atoms with Crippen LogP contribution in [0.25, 0.3) is 0 Å². The molecule has 0 aromatic heterocycles. The molecule has 2 nitrogen and oxygen atoms in total. The SMILES string of the molecule is CC(C)[CH]/N=N/[CH]C(C)C. The molecule has 58 valence electrons. The lowest BCUT2D eigenvalue weighted by atomic mass is 10.2.